The second-order valence-electron chi connectivity index (χ2n) is 6.91. The maximum Gasteiger partial charge on any atom is 0.416 e. The number of ether oxygens (including phenoxy) is 1. The summed E-state index contributed by atoms with van der Waals surface area (Å²) in [4.78, 5) is 13.2. The van der Waals surface area contributed by atoms with Gasteiger partial charge in [0, 0.05) is 0 Å². The van der Waals surface area contributed by atoms with E-state index >= 15 is 0 Å². The Morgan fingerprint density at radius 3 is 2.25 bits per heavy atom. The average Bonchev–Trinajstić information content (AvgIpc) is 2.69. The van der Waals surface area contributed by atoms with Crippen LogP contribution in [-0.4, -0.2) is 36.2 Å². The minimum Gasteiger partial charge on any atom is -0.497 e. The molecular formula is C21H22F3NO3. The Morgan fingerprint density at radius 1 is 1.11 bits per heavy atom. The molecule has 2 aromatic carbocycles. The molecular weight excluding hydrogens is 371 g/mol. The zero-order chi connectivity index (χ0) is 20.3. The van der Waals surface area contributed by atoms with Crippen LogP contribution in [0.3, 0.4) is 0 Å². The van der Waals surface area contributed by atoms with Crippen molar-refractivity contribution in [2.45, 2.75) is 25.1 Å². The smallest absolute Gasteiger partial charge is 0.416 e. The number of aliphatic carboxylic acids is 1. The van der Waals surface area contributed by atoms with Gasteiger partial charge in [-0.2, -0.15) is 13.2 Å². The number of carbonyl (C=O) groups is 1. The van der Waals surface area contributed by atoms with E-state index in [1.54, 1.807) is 30.3 Å². The Hall–Kier alpha value is -2.54. The summed E-state index contributed by atoms with van der Waals surface area (Å²) in [5.74, 6) is -0.682. The van der Waals surface area contributed by atoms with Crippen LogP contribution in [0.15, 0.2) is 48.5 Å². The molecule has 1 N–H and O–H groups in total. The van der Waals surface area contributed by atoms with Crippen LogP contribution in [0.4, 0.5) is 13.2 Å². The third-order valence-electron chi connectivity index (χ3n) is 5.24. The zero-order valence-corrected chi connectivity index (χ0v) is 15.4. The van der Waals surface area contributed by atoms with Crippen LogP contribution < -0.4 is 4.74 Å². The van der Waals surface area contributed by atoms with Crippen molar-refractivity contribution in [2.75, 3.05) is 20.2 Å². The van der Waals surface area contributed by atoms with Crippen molar-refractivity contribution in [1.29, 1.82) is 0 Å². The Kier molecular flexibility index (Phi) is 5.93. The van der Waals surface area contributed by atoms with Crippen LogP contribution in [0.25, 0.3) is 0 Å². The highest BCUT2D eigenvalue weighted by Crippen LogP contribution is 2.40. The van der Waals surface area contributed by atoms with Crippen LogP contribution in [0, 0.1) is 5.92 Å². The fourth-order valence-corrected chi connectivity index (χ4v) is 3.77. The maximum absolute atomic E-state index is 13.7. The molecule has 1 heterocycles. The number of nitrogens with zero attached hydrogens (tertiary/aromatic N) is 1. The summed E-state index contributed by atoms with van der Waals surface area (Å²) in [5, 5.41) is 9.22. The van der Waals surface area contributed by atoms with Gasteiger partial charge in [-0.1, -0.05) is 30.3 Å². The van der Waals surface area contributed by atoms with Crippen molar-refractivity contribution in [3.05, 3.63) is 65.2 Å². The quantitative estimate of drug-likeness (QED) is 0.807. The molecule has 1 atom stereocenters. The molecule has 1 saturated heterocycles. The molecule has 0 radical (unpaired) electrons. The fourth-order valence-electron chi connectivity index (χ4n) is 3.77. The number of methoxy groups -OCH3 is 1. The molecule has 0 aromatic heterocycles. The largest absolute Gasteiger partial charge is 0.497 e. The van der Waals surface area contributed by atoms with E-state index in [1.165, 1.54) is 19.2 Å². The Morgan fingerprint density at radius 2 is 1.71 bits per heavy atom. The summed E-state index contributed by atoms with van der Waals surface area (Å²) >= 11 is 0. The van der Waals surface area contributed by atoms with Gasteiger partial charge in [0.1, 0.15) is 5.75 Å². The van der Waals surface area contributed by atoms with Gasteiger partial charge >= 0.3 is 12.1 Å². The molecule has 1 aliphatic heterocycles. The molecule has 2 aromatic rings. The number of hydrogen-bond acceptors (Lipinski definition) is 3. The number of hydrogen-bond donors (Lipinski definition) is 1. The van der Waals surface area contributed by atoms with E-state index in [0.717, 1.165) is 6.07 Å². The maximum atomic E-state index is 13.7. The summed E-state index contributed by atoms with van der Waals surface area (Å²) in [6, 6.07) is 11.9. The number of carboxylic acids is 1. The highest BCUT2D eigenvalue weighted by atomic mass is 19.4. The molecule has 28 heavy (non-hydrogen) atoms. The van der Waals surface area contributed by atoms with Gasteiger partial charge in [0.15, 0.2) is 0 Å². The van der Waals surface area contributed by atoms with Gasteiger partial charge in [0.05, 0.1) is 24.6 Å². The SMILES string of the molecule is COc1ccc(C(c2ccccc2C(F)(F)F)N2CCC(C(=O)O)CC2)cc1. The first-order chi connectivity index (χ1) is 13.3. The van der Waals surface area contributed by atoms with E-state index in [9.17, 15) is 23.1 Å². The highest BCUT2D eigenvalue weighted by Gasteiger charge is 2.38. The normalized spacial score (nSPS) is 17.3. The minimum atomic E-state index is -4.47. The van der Waals surface area contributed by atoms with Gasteiger partial charge in [-0.3, -0.25) is 9.69 Å². The lowest BCUT2D eigenvalue weighted by molar-refractivity contribution is -0.143. The van der Waals surface area contributed by atoms with Gasteiger partial charge < -0.3 is 9.84 Å². The van der Waals surface area contributed by atoms with Crippen LogP contribution in [0.1, 0.15) is 35.6 Å². The molecule has 1 aliphatic rings. The van der Waals surface area contributed by atoms with Crippen molar-refractivity contribution in [2.24, 2.45) is 5.92 Å². The van der Waals surface area contributed by atoms with E-state index in [-0.39, 0.29) is 5.56 Å². The summed E-state index contributed by atoms with van der Waals surface area (Å²) in [6.07, 6.45) is -3.65. The average molecular weight is 393 g/mol. The minimum absolute atomic E-state index is 0.175. The summed E-state index contributed by atoms with van der Waals surface area (Å²) in [7, 11) is 1.53. The summed E-state index contributed by atoms with van der Waals surface area (Å²) in [6.45, 7) is 0.833. The van der Waals surface area contributed by atoms with E-state index in [4.69, 9.17) is 4.74 Å². The first-order valence-electron chi connectivity index (χ1n) is 9.08. The second kappa shape index (κ2) is 8.22. The molecule has 0 saturated carbocycles. The topological polar surface area (TPSA) is 49.8 Å². The zero-order valence-electron chi connectivity index (χ0n) is 15.4. The first-order valence-corrected chi connectivity index (χ1v) is 9.08. The molecule has 4 nitrogen and oxygen atoms in total. The lowest BCUT2D eigenvalue weighted by Gasteiger charge is -2.38. The van der Waals surface area contributed by atoms with E-state index in [1.807, 2.05) is 4.90 Å². The third kappa shape index (κ3) is 4.30. The lowest BCUT2D eigenvalue weighted by atomic mass is 9.89. The van der Waals surface area contributed by atoms with Crippen LogP contribution in [0.2, 0.25) is 0 Å². The molecule has 0 bridgehead atoms. The fraction of sp³-hybridized carbons (Fsp3) is 0.381. The molecule has 150 valence electrons. The predicted octanol–water partition coefficient (Wildman–Crippen LogP) is 4.60. The van der Waals surface area contributed by atoms with Gasteiger partial charge in [-0.25, -0.2) is 0 Å². The van der Waals surface area contributed by atoms with Gasteiger partial charge in [0.2, 0.25) is 0 Å². The van der Waals surface area contributed by atoms with Gasteiger partial charge in [-0.15, -0.1) is 0 Å². The molecule has 0 amide bonds. The second-order valence-corrected chi connectivity index (χ2v) is 6.91. The van der Waals surface area contributed by atoms with E-state index < -0.39 is 29.7 Å². The third-order valence-corrected chi connectivity index (χ3v) is 5.24. The Labute approximate surface area is 161 Å². The molecule has 1 unspecified atom stereocenters. The van der Waals surface area contributed by atoms with Crippen molar-refractivity contribution < 1.29 is 27.8 Å². The van der Waals surface area contributed by atoms with Crippen molar-refractivity contribution in [1.82, 2.24) is 4.90 Å². The molecule has 3 rings (SSSR count). The molecule has 7 heteroatoms. The van der Waals surface area contributed by atoms with Crippen LogP contribution >= 0.6 is 0 Å². The monoisotopic (exact) mass is 393 g/mol. The molecule has 0 spiro atoms. The number of carboxylic acid groups (broad SMARTS) is 1. The summed E-state index contributed by atoms with van der Waals surface area (Å²) in [5.41, 5.74) is 0.219. The van der Waals surface area contributed by atoms with Crippen LogP contribution in [0.5, 0.6) is 5.75 Å². The summed E-state index contributed by atoms with van der Waals surface area (Å²) < 4.78 is 46.1. The van der Waals surface area contributed by atoms with Crippen molar-refractivity contribution in [3.63, 3.8) is 0 Å². The van der Waals surface area contributed by atoms with E-state index in [0.29, 0.717) is 37.2 Å². The molecule has 0 aliphatic carbocycles. The van der Waals surface area contributed by atoms with E-state index in [2.05, 4.69) is 0 Å². The predicted molar refractivity (Wildman–Crippen MR) is 98.2 cm³/mol. The van der Waals surface area contributed by atoms with Gasteiger partial charge in [-0.05, 0) is 55.3 Å². The number of piperidine rings is 1. The number of alkyl halides is 3. The van der Waals surface area contributed by atoms with Crippen LogP contribution in [-0.2, 0) is 11.0 Å². The van der Waals surface area contributed by atoms with Crippen molar-refractivity contribution >= 4 is 5.97 Å². The number of rotatable bonds is 5. The first kappa shape index (κ1) is 20.2. The lowest BCUT2D eigenvalue weighted by Crippen LogP contribution is -2.39. The standard InChI is InChI=1S/C21H22F3NO3/c1-28-16-8-6-14(7-9-16)19(25-12-10-15(11-13-25)20(26)27)17-4-2-3-5-18(17)21(22,23)24/h2-9,15,19H,10-13H2,1H3,(H,26,27). The highest BCUT2D eigenvalue weighted by molar-refractivity contribution is 5.70. The van der Waals surface area contributed by atoms with Gasteiger partial charge in [0.25, 0.3) is 0 Å². The number of likely N-dealkylation sites (tertiary alicyclic amines) is 1. The Balaban J connectivity index is 2.02. The Bertz CT molecular complexity index is 812. The molecule has 1 fully saturated rings. The van der Waals surface area contributed by atoms with Crippen molar-refractivity contribution in [3.8, 4) is 5.75 Å². The number of halogens is 3. The number of benzene rings is 2.